The van der Waals surface area contributed by atoms with Gasteiger partial charge in [0.15, 0.2) is 0 Å². The fourth-order valence-corrected chi connectivity index (χ4v) is 5.37. The average Bonchev–Trinajstić information content (AvgIpc) is 3.33. The highest BCUT2D eigenvalue weighted by molar-refractivity contribution is 6.22. The molecule has 0 bridgehead atoms. The first-order valence-electron chi connectivity index (χ1n) is 12.0. The minimum atomic E-state index is -0.567. The number of anilines is 2. The summed E-state index contributed by atoms with van der Waals surface area (Å²) in [6, 6.07) is 12.5. The van der Waals surface area contributed by atoms with Crippen LogP contribution in [0.25, 0.3) is 0 Å². The number of fused-ring (bicyclic) bond motifs is 1. The van der Waals surface area contributed by atoms with Gasteiger partial charge in [-0.15, -0.1) is 0 Å². The summed E-state index contributed by atoms with van der Waals surface area (Å²) in [5, 5.41) is 0. The Morgan fingerprint density at radius 3 is 2.43 bits per heavy atom. The molecule has 3 aliphatic rings. The third-order valence-corrected chi connectivity index (χ3v) is 7.30. The third kappa shape index (κ3) is 4.05. The average molecular weight is 473 g/mol. The third-order valence-electron chi connectivity index (χ3n) is 7.30. The maximum atomic E-state index is 13.1. The van der Waals surface area contributed by atoms with Gasteiger partial charge in [0, 0.05) is 18.7 Å². The first-order chi connectivity index (χ1) is 16.7. The van der Waals surface area contributed by atoms with Crippen LogP contribution >= 0.6 is 0 Å². The molecule has 2 aromatic carbocycles. The Labute approximate surface area is 204 Å². The van der Waals surface area contributed by atoms with Crippen LogP contribution in [0.5, 0.6) is 5.75 Å². The standard InChI is InChI=1S/C28H28N2O5/c1-16-7-9-20(10-8-16)29-15-19(14-24(29)31)28(34)35-21-11-12-23(18(3)13-21)30-26(32)22-6-4-5-17(2)25(22)27(30)33/h4-5,7-13,17,19,22,25H,6,14-15H2,1-3H3/t17-,19-,22-,25-/m1/s1. The Bertz CT molecular complexity index is 1250. The summed E-state index contributed by atoms with van der Waals surface area (Å²) in [6.07, 6.45) is 4.64. The van der Waals surface area contributed by atoms with Crippen molar-refractivity contribution in [3.8, 4) is 5.75 Å². The van der Waals surface area contributed by atoms with E-state index in [2.05, 4.69) is 0 Å². The molecule has 5 rings (SSSR count). The first kappa shape index (κ1) is 23.0. The van der Waals surface area contributed by atoms with Crippen LogP contribution in [0.2, 0.25) is 0 Å². The van der Waals surface area contributed by atoms with Crippen molar-refractivity contribution < 1.29 is 23.9 Å². The molecule has 0 aromatic heterocycles. The number of ether oxygens (including phenoxy) is 1. The normalized spacial score (nSPS) is 25.9. The van der Waals surface area contributed by atoms with Crippen molar-refractivity contribution in [3.63, 3.8) is 0 Å². The molecule has 0 N–H and O–H groups in total. The summed E-state index contributed by atoms with van der Waals surface area (Å²) < 4.78 is 5.60. The molecule has 0 radical (unpaired) electrons. The van der Waals surface area contributed by atoms with Crippen LogP contribution in [0.15, 0.2) is 54.6 Å². The van der Waals surface area contributed by atoms with Gasteiger partial charge in [-0.25, -0.2) is 4.90 Å². The molecular weight excluding hydrogens is 444 g/mol. The Hall–Kier alpha value is -3.74. The van der Waals surface area contributed by atoms with Gasteiger partial charge < -0.3 is 9.64 Å². The second-order valence-electron chi connectivity index (χ2n) is 9.78. The molecule has 2 heterocycles. The maximum absolute atomic E-state index is 13.1. The molecule has 0 saturated carbocycles. The molecule has 1 aliphatic carbocycles. The largest absolute Gasteiger partial charge is 0.426 e. The lowest BCUT2D eigenvalue weighted by atomic mass is 9.78. The van der Waals surface area contributed by atoms with E-state index in [4.69, 9.17) is 4.74 Å². The number of aryl methyl sites for hydroxylation is 2. The number of carbonyl (C=O) groups is 4. The van der Waals surface area contributed by atoms with E-state index in [0.717, 1.165) is 11.3 Å². The van der Waals surface area contributed by atoms with E-state index < -0.39 is 11.9 Å². The van der Waals surface area contributed by atoms with Crippen LogP contribution in [-0.4, -0.2) is 30.2 Å². The number of nitrogens with zero attached hydrogens (tertiary/aromatic N) is 2. The van der Waals surface area contributed by atoms with Gasteiger partial charge in [0.25, 0.3) is 0 Å². The second kappa shape index (κ2) is 8.80. The Morgan fingerprint density at radius 2 is 1.74 bits per heavy atom. The zero-order valence-electron chi connectivity index (χ0n) is 20.1. The molecule has 2 aliphatic heterocycles. The summed E-state index contributed by atoms with van der Waals surface area (Å²) in [5.41, 5.74) is 3.04. The summed E-state index contributed by atoms with van der Waals surface area (Å²) in [7, 11) is 0. The first-order valence-corrected chi connectivity index (χ1v) is 12.0. The second-order valence-corrected chi connectivity index (χ2v) is 9.78. The van der Waals surface area contributed by atoms with E-state index in [0.29, 0.717) is 23.4 Å². The zero-order chi connectivity index (χ0) is 24.9. The predicted octanol–water partition coefficient (Wildman–Crippen LogP) is 3.96. The molecule has 180 valence electrons. The fourth-order valence-electron chi connectivity index (χ4n) is 5.37. The number of benzene rings is 2. The van der Waals surface area contributed by atoms with Crippen LogP contribution < -0.4 is 14.5 Å². The monoisotopic (exact) mass is 472 g/mol. The summed E-state index contributed by atoms with van der Waals surface area (Å²) in [4.78, 5) is 54.4. The van der Waals surface area contributed by atoms with Crippen molar-refractivity contribution in [3.05, 3.63) is 65.7 Å². The van der Waals surface area contributed by atoms with Crippen LogP contribution in [0.1, 0.15) is 30.9 Å². The van der Waals surface area contributed by atoms with Crippen molar-refractivity contribution >= 4 is 35.1 Å². The van der Waals surface area contributed by atoms with Gasteiger partial charge in [-0.2, -0.15) is 0 Å². The highest BCUT2D eigenvalue weighted by atomic mass is 16.5. The van der Waals surface area contributed by atoms with Crippen molar-refractivity contribution in [1.29, 1.82) is 0 Å². The van der Waals surface area contributed by atoms with Crippen molar-refractivity contribution in [2.24, 2.45) is 23.7 Å². The highest BCUT2D eigenvalue weighted by Crippen LogP contribution is 2.41. The van der Waals surface area contributed by atoms with Gasteiger partial charge in [0.2, 0.25) is 17.7 Å². The van der Waals surface area contributed by atoms with E-state index in [9.17, 15) is 19.2 Å². The molecule has 4 atom stereocenters. The lowest BCUT2D eigenvalue weighted by Gasteiger charge is -2.22. The number of imide groups is 1. The van der Waals surface area contributed by atoms with Crippen LogP contribution in [-0.2, 0) is 19.2 Å². The molecule has 2 aromatic rings. The molecular formula is C28H28N2O5. The fraction of sp³-hybridized carbons (Fsp3) is 0.357. The zero-order valence-corrected chi connectivity index (χ0v) is 20.1. The topological polar surface area (TPSA) is 84.0 Å². The van der Waals surface area contributed by atoms with Gasteiger partial charge >= 0.3 is 5.97 Å². The van der Waals surface area contributed by atoms with E-state index in [1.165, 1.54) is 4.90 Å². The quantitative estimate of drug-likeness (QED) is 0.291. The van der Waals surface area contributed by atoms with E-state index >= 15 is 0 Å². The molecule has 2 fully saturated rings. The lowest BCUT2D eigenvalue weighted by Crippen LogP contribution is -2.32. The molecule has 7 heteroatoms. The van der Waals surface area contributed by atoms with Gasteiger partial charge in [-0.05, 0) is 62.1 Å². The Balaban J connectivity index is 1.28. The summed E-state index contributed by atoms with van der Waals surface area (Å²) >= 11 is 0. The molecule has 7 nitrogen and oxygen atoms in total. The van der Waals surface area contributed by atoms with Crippen LogP contribution in [0, 0.1) is 37.5 Å². The maximum Gasteiger partial charge on any atom is 0.316 e. The van der Waals surface area contributed by atoms with Crippen LogP contribution in [0.3, 0.4) is 0 Å². The SMILES string of the molecule is Cc1ccc(N2C[C@H](C(=O)Oc3ccc(N4C(=O)[C@@H]5[C@H](C)C=CC[C@H]5C4=O)c(C)c3)CC2=O)cc1. The molecule has 2 saturated heterocycles. The van der Waals surface area contributed by atoms with E-state index in [1.807, 2.05) is 50.3 Å². The van der Waals surface area contributed by atoms with Gasteiger partial charge in [0.05, 0.1) is 23.4 Å². The number of amides is 3. The molecule has 0 unspecified atom stereocenters. The number of hydrogen-bond acceptors (Lipinski definition) is 5. The minimum Gasteiger partial charge on any atom is -0.426 e. The summed E-state index contributed by atoms with van der Waals surface area (Å²) in [6.45, 7) is 5.99. The smallest absolute Gasteiger partial charge is 0.316 e. The number of allylic oxidation sites excluding steroid dienone is 2. The van der Waals surface area contributed by atoms with Gasteiger partial charge in [0.1, 0.15) is 5.75 Å². The Kier molecular flexibility index (Phi) is 5.79. The van der Waals surface area contributed by atoms with Gasteiger partial charge in [-0.1, -0.05) is 36.8 Å². The number of hydrogen-bond donors (Lipinski definition) is 0. The molecule has 3 amide bonds. The van der Waals surface area contributed by atoms with Crippen molar-refractivity contribution in [1.82, 2.24) is 0 Å². The number of carbonyl (C=O) groups excluding carboxylic acids is 4. The Morgan fingerprint density at radius 1 is 1.00 bits per heavy atom. The minimum absolute atomic E-state index is 0.0179. The number of esters is 1. The lowest BCUT2D eigenvalue weighted by molar-refractivity contribution is -0.139. The predicted molar refractivity (Wildman–Crippen MR) is 131 cm³/mol. The van der Waals surface area contributed by atoms with Crippen molar-refractivity contribution in [2.75, 3.05) is 16.3 Å². The number of rotatable bonds is 4. The van der Waals surface area contributed by atoms with Crippen molar-refractivity contribution in [2.45, 2.75) is 33.6 Å². The highest BCUT2D eigenvalue weighted by Gasteiger charge is 2.50. The van der Waals surface area contributed by atoms with E-state index in [-0.39, 0.29) is 48.4 Å². The molecule has 0 spiro atoms. The van der Waals surface area contributed by atoms with E-state index in [1.54, 1.807) is 30.0 Å². The van der Waals surface area contributed by atoms with Gasteiger partial charge in [-0.3, -0.25) is 19.2 Å². The van der Waals surface area contributed by atoms with Crippen LogP contribution in [0.4, 0.5) is 11.4 Å². The summed E-state index contributed by atoms with van der Waals surface area (Å²) in [5.74, 6) is -1.82. The molecule has 35 heavy (non-hydrogen) atoms.